The summed E-state index contributed by atoms with van der Waals surface area (Å²) < 4.78 is 0. The number of rotatable bonds is 5. The van der Waals surface area contributed by atoms with Gasteiger partial charge in [-0.15, -0.1) is 0 Å². The van der Waals surface area contributed by atoms with E-state index in [-0.39, 0.29) is 5.91 Å². The summed E-state index contributed by atoms with van der Waals surface area (Å²) in [7, 11) is 4.00. The maximum Gasteiger partial charge on any atom is 0.251 e. The van der Waals surface area contributed by atoms with Crippen LogP contribution >= 0.6 is 15.9 Å². The lowest BCUT2D eigenvalue weighted by Gasteiger charge is -2.30. The first-order chi connectivity index (χ1) is 10.1. The number of nitrogens with zero attached hydrogens (tertiary/aromatic N) is 1. The Morgan fingerprint density at radius 2 is 1.81 bits per heavy atom. The second kappa shape index (κ2) is 7.83. The number of amides is 1. The van der Waals surface area contributed by atoms with Crippen molar-refractivity contribution in [2.75, 3.05) is 30.9 Å². The number of carbonyl (C=O) groups excluding carboxylic acids is 1. The molecule has 3 nitrogen and oxygen atoms in total. The largest absolute Gasteiger partial charge is 0.378 e. The van der Waals surface area contributed by atoms with E-state index in [9.17, 15) is 4.79 Å². The Hall–Kier alpha value is -1.03. The predicted octanol–water partition coefficient (Wildman–Crippen LogP) is 3.68. The smallest absolute Gasteiger partial charge is 0.251 e. The number of hydrogen-bond acceptors (Lipinski definition) is 2. The fourth-order valence-corrected chi connectivity index (χ4v) is 3.85. The first kappa shape index (κ1) is 16.3. The maximum atomic E-state index is 12.2. The van der Waals surface area contributed by atoms with Gasteiger partial charge in [-0.3, -0.25) is 4.79 Å². The van der Waals surface area contributed by atoms with Gasteiger partial charge in [0.2, 0.25) is 0 Å². The van der Waals surface area contributed by atoms with E-state index in [1.165, 1.54) is 25.7 Å². The van der Waals surface area contributed by atoms with E-state index in [0.717, 1.165) is 23.1 Å². The van der Waals surface area contributed by atoms with Crippen molar-refractivity contribution in [2.24, 2.45) is 11.8 Å². The molecule has 0 saturated heterocycles. The molecule has 2 rings (SSSR count). The summed E-state index contributed by atoms with van der Waals surface area (Å²) >= 11 is 3.61. The van der Waals surface area contributed by atoms with Crippen LogP contribution in [0.25, 0.3) is 0 Å². The first-order valence-electron chi connectivity index (χ1n) is 7.73. The topological polar surface area (TPSA) is 32.3 Å². The Morgan fingerprint density at radius 1 is 1.19 bits per heavy atom. The van der Waals surface area contributed by atoms with Gasteiger partial charge in [0.15, 0.2) is 0 Å². The van der Waals surface area contributed by atoms with Gasteiger partial charge in [0.1, 0.15) is 0 Å². The molecular formula is C17H25BrN2O. The maximum absolute atomic E-state index is 12.2. The van der Waals surface area contributed by atoms with Gasteiger partial charge >= 0.3 is 0 Å². The number of halogens is 1. The highest BCUT2D eigenvalue weighted by Gasteiger charge is 2.24. The van der Waals surface area contributed by atoms with E-state index < -0.39 is 0 Å². The van der Waals surface area contributed by atoms with Crippen molar-refractivity contribution >= 4 is 27.5 Å². The van der Waals surface area contributed by atoms with Gasteiger partial charge in [-0.25, -0.2) is 0 Å². The third kappa shape index (κ3) is 4.47. The number of anilines is 1. The lowest BCUT2D eigenvalue weighted by Crippen LogP contribution is -2.34. The highest BCUT2D eigenvalue weighted by atomic mass is 79.9. The van der Waals surface area contributed by atoms with Crippen LogP contribution in [0.5, 0.6) is 0 Å². The van der Waals surface area contributed by atoms with Crippen LogP contribution in [0, 0.1) is 11.8 Å². The molecule has 1 aliphatic rings. The molecule has 4 heteroatoms. The molecule has 1 amide bonds. The van der Waals surface area contributed by atoms with Crippen molar-refractivity contribution in [3.63, 3.8) is 0 Å². The molecule has 1 fully saturated rings. The SMILES string of the molecule is CN(C)c1ccc(C(=O)NCC2CCCCC2CBr)cc1. The number of alkyl halides is 1. The fourth-order valence-electron chi connectivity index (χ4n) is 2.99. The van der Waals surface area contributed by atoms with Gasteiger partial charge in [0.05, 0.1) is 0 Å². The van der Waals surface area contributed by atoms with Gasteiger partial charge < -0.3 is 10.2 Å². The zero-order valence-electron chi connectivity index (χ0n) is 12.9. The molecule has 1 saturated carbocycles. The van der Waals surface area contributed by atoms with Crippen molar-refractivity contribution < 1.29 is 4.79 Å². The zero-order valence-corrected chi connectivity index (χ0v) is 14.5. The van der Waals surface area contributed by atoms with Crippen LogP contribution in [0.3, 0.4) is 0 Å². The minimum Gasteiger partial charge on any atom is -0.378 e. The molecule has 1 aromatic carbocycles. The molecular weight excluding hydrogens is 328 g/mol. The second-order valence-corrected chi connectivity index (χ2v) is 6.76. The van der Waals surface area contributed by atoms with Gasteiger partial charge in [-0.1, -0.05) is 28.8 Å². The van der Waals surface area contributed by atoms with Crippen LogP contribution in [0.1, 0.15) is 36.0 Å². The quantitative estimate of drug-likeness (QED) is 0.819. The zero-order chi connectivity index (χ0) is 15.2. The average Bonchev–Trinajstić information content (AvgIpc) is 2.52. The summed E-state index contributed by atoms with van der Waals surface area (Å²) in [5, 5.41) is 4.15. The number of hydrogen-bond donors (Lipinski definition) is 1. The predicted molar refractivity (Wildman–Crippen MR) is 92.3 cm³/mol. The van der Waals surface area contributed by atoms with Gasteiger partial charge in [0, 0.05) is 37.2 Å². The van der Waals surface area contributed by atoms with E-state index >= 15 is 0 Å². The van der Waals surface area contributed by atoms with E-state index in [4.69, 9.17) is 0 Å². The Labute approximate surface area is 136 Å². The molecule has 2 unspecified atom stereocenters. The fraction of sp³-hybridized carbons (Fsp3) is 0.588. The van der Waals surface area contributed by atoms with Crippen molar-refractivity contribution in [1.29, 1.82) is 0 Å². The molecule has 1 N–H and O–H groups in total. The van der Waals surface area contributed by atoms with E-state index in [2.05, 4.69) is 21.2 Å². The highest BCUT2D eigenvalue weighted by molar-refractivity contribution is 9.09. The van der Waals surface area contributed by atoms with Crippen molar-refractivity contribution in [1.82, 2.24) is 5.32 Å². The molecule has 0 spiro atoms. The molecule has 116 valence electrons. The third-order valence-electron chi connectivity index (χ3n) is 4.44. The van der Waals surface area contributed by atoms with Crippen LogP contribution in [-0.2, 0) is 0 Å². The average molecular weight is 353 g/mol. The molecule has 0 aliphatic heterocycles. The lowest BCUT2D eigenvalue weighted by atomic mass is 9.80. The molecule has 0 radical (unpaired) electrons. The van der Waals surface area contributed by atoms with Crippen LogP contribution in [-0.4, -0.2) is 31.9 Å². The standard InChI is InChI=1S/C17H25BrN2O/c1-20(2)16-9-7-13(8-10-16)17(21)19-12-15-6-4-3-5-14(15)11-18/h7-10,14-15H,3-6,11-12H2,1-2H3,(H,19,21). The summed E-state index contributed by atoms with van der Waals surface area (Å²) in [6.07, 6.45) is 5.13. The number of nitrogens with one attached hydrogen (secondary N) is 1. The summed E-state index contributed by atoms with van der Waals surface area (Å²) in [6.45, 7) is 0.796. The lowest BCUT2D eigenvalue weighted by molar-refractivity contribution is 0.0937. The van der Waals surface area contributed by atoms with Crippen LogP contribution < -0.4 is 10.2 Å². The van der Waals surface area contributed by atoms with Crippen LogP contribution in [0.4, 0.5) is 5.69 Å². The monoisotopic (exact) mass is 352 g/mol. The first-order valence-corrected chi connectivity index (χ1v) is 8.85. The normalized spacial score (nSPS) is 21.9. The molecule has 0 aromatic heterocycles. The number of carbonyl (C=O) groups is 1. The molecule has 2 atom stereocenters. The van der Waals surface area contributed by atoms with E-state index in [1.807, 2.05) is 43.3 Å². The highest BCUT2D eigenvalue weighted by Crippen LogP contribution is 2.30. The molecule has 0 bridgehead atoms. The van der Waals surface area contributed by atoms with Crippen molar-refractivity contribution in [3.8, 4) is 0 Å². The van der Waals surface area contributed by atoms with Gasteiger partial charge in [-0.2, -0.15) is 0 Å². The van der Waals surface area contributed by atoms with Gasteiger partial charge in [0.25, 0.3) is 5.91 Å². The third-order valence-corrected chi connectivity index (χ3v) is 5.27. The Kier molecular flexibility index (Phi) is 6.09. The Bertz CT molecular complexity index is 458. The van der Waals surface area contributed by atoms with E-state index in [1.54, 1.807) is 0 Å². The Morgan fingerprint density at radius 3 is 2.38 bits per heavy atom. The molecule has 21 heavy (non-hydrogen) atoms. The van der Waals surface area contributed by atoms with Crippen molar-refractivity contribution in [3.05, 3.63) is 29.8 Å². The number of benzene rings is 1. The summed E-state index contributed by atoms with van der Waals surface area (Å²) in [5.74, 6) is 1.36. The summed E-state index contributed by atoms with van der Waals surface area (Å²) in [4.78, 5) is 14.3. The minimum atomic E-state index is 0.0409. The van der Waals surface area contributed by atoms with Crippen LogP contribution in [0.15, 0.2) is 24.3 Å². The molecule has 0 heterocycles. The van der Waals surface area contributed by atoms with Gasteiger partial charge in [-0.05, 0) is 48.9 Å². The Balaban J connectivity index is 1.89. The summed E-state index contributed by atoms with van der Waals surface area (Å²) in [6, 6.07) is 7.76. The molecule has 1 aromatic rings. The van der Waals surface area contributed by atoms with Crippen molar-refractivity contribution in [2.45, 2.75) is 25.7 Å². The minimum absolute atomic E-state index is 0.0409. The summed E-state index contributed by atoms with van der Waals surface area (Å²) in [5.41, 5.74) is 1.85. The second-order valence-electron chi connectivity index (χ2n) is 6.11. The molecule has 1 aliphatic carbocycles. The van der Waals surface area contributed by atoms with Crippen LogP contribution in [0.2, 0.25) is 0 Å². The van der Waals surface area contributed by atoms with E-state index in [0.29, 0.717) is 11.8 Å².